The van der Waals surface area contributed by atoms with Crippen molar-refractivity contribution < 1.29 is 14.0 Å². The first-order valence-corrected chi connectivity index (χ1v) is 3.61. The van der Waals surface area contributed by atoms with E-state index in [0.29, 0.717) is 0 Å². The summed E-state index contributed by atoms with van der Waals surface area (Å²) in [7, 11) is 2.28. The Bertz CT molecular complexity index is 54.3. The van der Waals surface area contributed by atoms with Crippen LogP contribution in [0, 0.1) is 0 Å². The summed E-state index contributed by atoms with van der Waals surface area (Å²) in [4.78, 5) is 0. The molecule has 0 saturated heterocycles. The SMILES string of the molecule is COC(OC)[SiH2]ON.Cl. The van der Waals surface area contributed by atoms with E-state index in [1.807, 2.05) is 0 Å². The summed E-state index contributed by atoms with van der Waals surface area (Å²) < 4.78 is 13.9. The summed E-state index contributed by atoms with van der Waals surface area (Å²) >= 11 is 0. The van der Waals surface area contributed by atoms with E-state index in [-0.39, 0.29) is 18.3 Å². The van der Waals surface area contributed by atoms with Gasteiger partial charge in [-0.25, -0.2) is 5.90 Å². The van der Waals surface area contributed by atoms with Crippen molar-refractivity contribution in [1.82, 2.24) is 0 Å². The van der Waals surface area contributed by atoms with Gasteiger partial charge in [0.25, 0.3) is 9.76 Å². The van der Waals surface area contributed by atoms with E-state index in [1.165, 1.54) is 0 Å². The number of halogens is 1. The van der Waals surface area contributed by atoms with Gasteiger partial charge in [-0.15, -0.1) is 12.4 Å². The number of ether oxygens (including phenoxy) is 2. The third-order valence-electron chi connectivity index (χ3n) is 0.758. The third-order valence-corrected chi connectivity index (χ3v) is 1.89. The lowest BCUT2D eigenvalue weighted by Crippen LogP contribution is -2.25. The molecule has 0 rings (SSSR count). The number of methoxy groups -OCH3 is 2. The second kappa shape index (κ2) is 8.35. The minimum absolute atomic E-state index is 0. The topological polar surface area (TPSA) is 53.7 Å². The Balaban J connectivity index is 0. The van der Waals surface area contributed by atoms with Gasteiger partial charge in [-0.3, -0.25) is 0 Å². The molecule has 0 aliphatic rings. The number of nitrogens with two attached hydrogens (primary N) is 1. The summed E-state index contributed by atoms with van der Waals surface area (Å²) in [5, 5.41) is 0. The lowest BCUT2D eigenvalue weighted by Gasteiger charge is -2.09. The van der Waals surface area contributed by atoms with Crippen LogP contribution in [-0.4, -0.2) is 29.9 Å². The molecule has 0 atom stereocenters. The molecule has 0 aromatic heterocycles. The maximum absolute atomic E-state index is 4.78. The molecule has 4 nitrogen and oxygen atoms in total. The Morgan fingerprint density at radius 1 is 1.33 bits per heavy atom. The van der Waals surface area contributed by atoms with E-state index < -0.39 is 9.76 Å². The van der Waals surface area contributed by atoms with E-state index in [1.54, 1.807) is 14.2 Å². The Morgan fingerprint density at radius 2 is 1.78 bits per heavy atom. The fraction of sp³-hybridized carbons (Fsp3) is 1.00. The van der Waals surface area contributed by atoms with Crippen LogP contribution >= 0.6 is 12.4 Å². The molecule has 0 radical (unpaired) electrons. The van der Waals surface area contributed by atoms with Crippen molar-refractivity contribution in [3.63, 3.8) is 0 Å². The van der Waals surface area contributed by atoms with Gasteiger partial charge in [0.05, 0.1) is 0 Å². The van der Waals surface area contributed by atoms with Crippen LogP contribution in [0.15, 0.2) is 0 Å². The summed E-state index contributed by atoms with van der Waals surface area (Å²) in [6.07, 6.45) is 0. The molecule has 0 aliphatic carbocycles. The second-order valence-corrected chi connectivity index (χ2v) is 2.57. The molecule has 0 aromatic carbocycles. The van der Waals surface area contributed by atoms with E-state index in [0.717, 1.165) is 0 Å². The van der Waals surface area contributed by atoms with Crippen molar-refractivity contribution in [2.24, 2.45) is 5.90 Å². The molecular formula is C3H12ClNO3Si. The Hall–Kier alpha value is 0.347. The Labute approximate surface area is 63.0 Å². The van der Waals surface area contributed by atoms with Gasteiger partial charge in [0.2, 0.25) is 0 Å². The van der Waals surface area contributed by atoms with Crippen molar-refractivity contribution in [2.45, 2.75) is 5.91 Å². The molecule has 0 amide bonds. The maximum Gasteiger partial charge on any atom is 0.251 e. The molecule has 6 heteroatoms. The summed E-state index contributed by atoms with van der Waals surface area (Å²) in [5.41, 5.74) is 0. The highest BCUT2D eigenvalue weighted by Crippen LogP contribution is 1.84. The molecule has 9 heavy (non-hydrogen) atoms. The number of rotatable bonds is 4. The quantitative estimate of drug-likeness (QED) is 0.335. The molecule has 0 unspecified atom stereocenters. The average molecular weight is 174 g/mol. The van der Waals surface area contributed by atoms with Gasteiger partial charge in [-0.1, -0.05) is 0 Å². The van der Waals surface area contributed by atoms with Crippen LogP contribution in [0.5, 0.6) is 0 Å². The van der Waals surface area contributed by atoms with Gasteiger partial charge >= 0.3 is 0 Å². The predicted molar refractivity (Wildman–Crippen MR) is 38.9 cm³/mol. The van der Waals surface area contributed by atoms with Crippen LogP contribution < -0.4 is 5.90 Å². The highest BCUT2D eigenvalue weighted by atomic mass is 35.5. The zero-order chi connectivity index (χ0) is 6.41. The van der Waals surface area contributed by atoms with Crippen LogP contribution in [0.3, 0.4) is 0 Å². The van der Waals surface area contributed by atoms with Crippen LogP contribution in [0.1, 0.15) is 0 Å². The van der Waals surface area contributed by atoms with Crippen molar-refractivity contribution >= 4 is 22.2 Å². The van der Waals surface area contributed by atoms with Crippen LogP contribution in [-0.2, 0) is 14.0 Å². The zero-order valence-electron chi connectivity index (χ0n) is 5.49. The first-order valence-electron chi connectivity index (χ1n) is 2.22. The fourth-order valence-corrected chi connectivity index (χ4v) is 0.740. The van der Waals surface area contributed by atoms with Crippen LogP contribution in [0.4, 0.5) is 0 Å². The molecule has 0 bridgehead atoms. The van der Waals surface area contributed by atoms with E-state index in [4.69, 9.17) is 15.4 Å². The van der Waals surface area contributed by atoms with Crippen molar-refractivity contribution in [3.8, 4) is 0 Å². The van der Waals surface area contributed by atoms with Gasteiger partial charge < -0.3 is 14.0 Å². The van der Waals surface area contributed by atoms with Crippen LogP contribution in [0.2, 0.25) is 0 Å². The van der Waals surface area contributed by atoms with E-state index in [2.05, 4.69) is 4.53 Å². The Kier molecular flexibility index (Phi) is 11.2. The smallest absolute Gasteiger partial charge is 0.251 e. The highest BCUT2D eigenvalue weighted by Gasteiger charge is 2.03. The molecular weight excluding hydrogens is 162 g/mol. The molecule has 0 spiro atoms. The lowest BCUT2D eigenvalue weighted by atomic mass is 11.3. The van der Waals surface area contributed by atoms with Gasteiger partial charge in [0.15, 0.2) is 5.91 Å². The minimum atomic E-state index is -0.831. The Morgan fingerprint density at radius 3 is 1.89 bits per heavy atom. The fourth-order valence-electron chi connectivity index (χ4n) is 0.311. The summed E-state index contributed by atoms with van der Waals surface area (Å²) in [6, 6.07) is 0. The largest absolute Gasteiger partial charge is 0.357 e. The maximum atomic E-state index is 4.78. The van der Waals surface area contributed by atoms with Crippen LogP contribution in [0.25, 0.3) is 0 Å². The monoisotopic (exact) mass is 173 g/mol. The van der Waals surface area contributed by atoms with Gasteiger partial charge in [0, 0.05) is 14.2 Å². The molecule has 0 saturated carbocycles. The molecule has 0 fully saturated rings. The van der Waals surface area contributed by atoms with Gasteiger partial charge in [0.1, 0.15) is 0 Å². The minimum Gasteiger partial charge on any atom is -0.357 e. The average Bonchev–Trinajstić information content (AvgIpc) is 1.83. The second-order valence-electron chi connectivity index (χ2n) is 1.23. The molecule has 0 aromatic rings. The summed E-state index contributed by atoms with van der Waals surface area (Å²) in [6.45, 7) is 0. The third kappa shape index (κ3) is 6.23. The molecule has 2 N–H and O–H groups in total. The van der Waals surface area contributed by atoms with E-state index >= 15 is 0 Å². The standard InChI is InChI=1S/C3H11NO3Si.ClH/c1-5-3(6-2)8-7-4;/h3H,4,8H2,1-2H3;1H. The number of hydrogen-bond donors (Lipinski definition) is 1. The molecule has 58 valence electrons. The van der Waals surface area contributed by atoms with E-state index in [9.17, 15) is 0 Å². The normalized spacial score (nSPS) is 10.7. The molecule has 0 aliphatic heterocycles. The summed E-state index contributed by atoms with van der Waals surface area (Å²) in [5.74, 6) is 4.57. The van der Waals surface area contributed by atoms with Crippen molar-refractivity contribution in [2.75, 3.05) is 14.2 Å². The molecule has 0 heterocycles. The van der Waals surface area contributed by atoms with Crippen molar-refractivity contribution in [1.29, 1.82) is 0 Å². The zero-order valence-corrected chi connectivity index (χ0v) is 7.73. The number of hydrogen-bond acceptors (Lipinski definition) is 4. The first-order chi connectivity index (χ1) is 3.85. The van der Waals surface area contributed by atoms with Crippen molar-refractivity contribution in [3.05, 3.63) is 0 Å². The highest BCUT2D eigenvalue weighted by molar-refractivity contribution is 6.28. The van der Waals surface area contributed by atoms with Gasteiger partial charge in [-0.2, -0.15) is 0 Å². The lowest BCUT2D eigenvalue weighted by molar-refractivity contribution is -0.0528. The van der Waals surface area contributed by atoms with Gasteiger partial charge in [-0.05, 0) is 0 Å². The predicted octanol–water partition coefficient (Wildman–Crippen LogP) is -1.04. The first kappa shape index (κ1) is 12.1.